The fourth-order valence-electron chi connectivity index (χ4n) is 5.91. The summed E-state index contributed by atoms with van der Waals surface area (Å²) < 4.78 is 123. The van der Waals surface area contributed by atoms with E-state index >= 15 is 8.78 Å². The Kier molecular flexibility index (Phi) is 13.2. The van der Waals surface area contributed by atoms with E-state index in [4.69, 9.17) is 4.74 Å². The molecule has 1 aromatic heterocycles. The number of carbonyl (C=O) groups is 2. The first-order valence-corrected chi connectivity index (χ1v) is 16.2. The molecule has 0 fully saturated rings. The number of hydrogen-bond acceptors (Lipinski definition) is 5. The Balaban J connectivity index is 2.31. The van der Waals surface area contributed by atoms with Crippen LogP contribution >= 0.6 is 0 Å². The minimum absolute atomic E-state index is 0.0298. The van der Waals surface area contributed by atoms with Crippen molar-refractivity contribution >= 4 is 11.9 Å². The summed E-state index contributed by atoms with van der Waals surface area (Å²) in [7, 11) is 3.25. The van der Waals surface area contributed by atoms with E-state index in [1.165, 1.54) is 32.9 Å². The minimum atomic E-state index is -5.34. The minimum Gasteiger partial charge on any atom is -0.466 e. The van der Waals surface area contributed by atoms with Crippen molar-refractivity contribution in [3.8, 4) is 11.1 Å². The Morgan fingerprint density at radius 1 is 0.941 bits per heavy atom. The number of alkyl halides is 6. The number of aromatic nitrogens is 1. The molecular formula is C36H41F8N3O4. The topological polar surface area (TPSA) is 80.6 Å². The Labute approximate surface area is 290 Å². The number of halogens is 8. The molecular weight excluding hydrogens is 690 g/mol. The number of ether oxygens (including phenoxy) is 1. The van der Waals surface area contributed by atoms with Crippen molar-refractivity contribution in [2.75, 3.05) is 27.2 Å². The Morgan fingerprint density at radius 3 is 2.04 bits per heavy atom. The average Bonchev–Trinajstić information content (AvgIpc) is 2.99. The van der Waals surface area contributed by atoms with Crippen LogP contribution in [0.25, 0.3) is 11.1 Å². The summed E-state index contributed by atoms with van der Waals surface area (Å²) in [5.41, 5.74) is -5.77. The molecule has 0 bridgehead atoms. The van der Waals surface area contributed by atoms with Crippen LogP contribution < -0.4 is 10.9 Å². The fourth-order valence-corrected chi connectivity index (χ4v) is 5.91. The molecule has 0 radical (unpaired) electrons. The van der Waals surface area contributed by atoms with Gasteiger partial charge in [-0.3, -0.25) is 14.4 Å². The number of amides is 1. The molecule has 0 saturated carbocycles. The number of nitrogens with one attached hydrogen (secondary N) is 1. The molecule has 1 amide bonds. The highest BCUT2D eigenvalue weighted by molar-refractivity contribution is 5.82. The molecule has 51 heavy (non-hydrogen) atoms. The zero-order valence-electron chi connectivity index (χ0n) is 29.3. The van der Waals surface area contributed by atoms with E-state index in [0.717, 1.165) is 10.8 Å². The number of likely N-dealkylation sites (N-methyl/N-ethyl adjacent to an activating group) is 1. The average molecular weight is 732 g/mol. The molecule has 1 N–H and O–H groups in total. The number of carbonyl (C=O) groups excluding carboxylic acids is 2. The quantitative estimate of drug-likeness (QED) is 0.143. The molecule has 0 spiro atoms. The van der Waals surface area contributed by atoms with E-state index in [1.807, 2.05) is 0 Å². The number of benzene rings is 2. The van der Waals surface area contributed by atoms with Crippen LogP contribution in [0.3, 0.4) is 0 Å². The van der Waals surface area contributed by atoms with Crippen molar-refractivity contribution in [1.82, 2.24) is 14.8 Å². The molecule has 1 unspecified atom stereocenters. The maximum Gasteiger partial charge on any atom is 0.419 e. The molecule has 1 heterocycles. The maximum atomic E-state index is 16.6. The van der Waals surface area contributed by atoms with Crippen molar-refractivity contribution in [2.45, 2.75) is 78.3 Å². The zero-order chi connectivity index (χ0) is 38.6. The van der Waals surface area contributed by atoms with Gasteiger partial charge in [0.05, 0.1) is 30.2 Å². The van der Waals surface area contributed by atoms with E-state index in [9.17, 15) is 40.7 Å². The van der Waals surface area contributed by atoms with E-state index in [0.29, 0.717) is 23.3 Å². The van der Waals surface area contributed by atoms with Gasteiger partial charge in [-0.05, 0) is 81.9 Å². The molecule has 15 heteroatoms. The zero-order valence-corrected chi connectivity index (χ0v) is 29.3. The summed E-state index contributed by atoms with van der Waals surface area (Å²) in [6.07, 6.45) is -10.7. The van der Waals surface area contributed by atoms with Crippen LogP contribution in [0.5, 0.6) is 0 Å². The third-order valence-electron chi connectivity index (χ3n) is 8.26. The fraction of sp³-hybridized carbons (Fsp3) is 0.472. The van der Waals surface area contributed by atoms with Gasteiger partial charge in [-0.25, -0.2) is 8.78 Å². The van der Waals surface area contributed by atoms with Gasteiger partial charge in [0, 0.05) is 29.9 Å². The van der Waals surface area contributed by atoms with E-state index < -0.39 is 82.2 Å². The maximum absolute atomic E-state index is 16.6. The highest BCUT2D eigenvalue weighted by Crippen LogP contribution is 2.42. The molecule has 7 nitrogen and oxygen atoms in total. The molecule has 0 saturated heterocycles. The molecule has 3 rings (SSSR count). The number of nitrogens with zero attached hydrogens (tertiary/aromatic N) is 2. The third-order valence-corrected chi connectivity index (χ3v) is 8.26. The molecule has 0 aliphatic heterocycles. The molecule has 0 aliphatic rings. The van der Waals surface area contributed by atoms with Crippen molar-refractivity contribution in [3.63, 3.8) is 0 Å². The largest absolute Gasteiger partial charge is 0.466 e. The van der Waals surface area contributed by atoms with Gasteiger partial charge in [-0.15, -0.1) is 0 Å². The van der Waals surface area contributed by atoms with Crippen LogP contribution in [-0.4, -0.2) is 48.6 Å². The second kappa shape index (κ2) is 16.4. The summed E-state index contributed by atoms with van der Waals surface area (Å²) in [5, 5.41) is 2.26. The normalized spacial score (nSPS) is 13.4. The second-order valence-electron chi connectivity index (χ2n) is 13.0. The van der Waals surface area contributed by atoms with Gasteiger partial charge in [0.1, 0.15) is 17.7 Å². The van der Waals surface area contributed by atoms with Gasteiger partial charge < -0.3 is 19.5 Å². The lowest BCUT2D eigenvalue weighted by Gasteiger charge is -2.28. The number of rotatable bonds is 13. The third kappa shape index (κ3) is 9.95. The van der Waals surface area contributed by atoms with Gasteiger partial charge in [0.15, 0.2) is 0 Å². The van der Waals surface area contributed by atoms with Gasteiger partial charge in [0.25, 0.3) is 5.56 Å². The number of aryl methyl sites for hydroxylation is 2. The van der Waals surface area contributed by atoms with Gasteiger partial charge >= 0.3 is 18.3 Å². The molecule has 2 atom stereocenters. The number of hydrogen-bond donors (Lipinski definition) is 1. The summed E-state index contributed by atoms with van der Waals surface area (Å²) in [6.45, 7) is 7.65. The summed E-state index contributed by atoms with van der Waals surface area (Å²) in [4.78, 5) is 41.6. The standard InChI is InChI=1S/C36H41F8N3O4/c1-8-51-29(49)17-26(31-32(37)23(15-25(33(31)38)36(42,43)44)30-20(4)10-9-11-21(30)5)45-34(50)27(14-19(2)3)47-18-22(12-13-46(6)7)24(16-28(47)48)35(39,40)41/h9-11,15-16,18-19,26-27H,8,12-14,17H2,1-7H3,(H,45,50)/t26-,27?/m0/s1. The van der Waals surface area contributed by atoms with Crippen molar-refractivity contribution in [3.05, 3.63) is 91.9 Å². The highest BCUT2D eigenvalue weighted by Gasteiger charge is 2.41. The first-order chi connectivity index (χ1) is 23.6. The Bertz CT molecular complexity index is 1780. The first kappa shape index (κ1) is 41.2. The lowest BCUT2D eigenvalue weighted by molar-refractivity contribution is -0.144. The predicted octanol–water partition coefficient (Wildman–Crippen LogP) is 7.95. The van der Waals surface area contributed by atoms with Gasteiger partial charge in [0.2, 0.25) is 5.91 Å². The van der Waals surface area contributed by atoms with E-state index in [1.54, 1.807) is 38.9 Å². The van der Waals surface area contributed by atoms with E-state index in [2.05, 4.69) is 5.32 Å². The second-order valence-corrected chi connectivity index (χ2v) is 13.0. The van der Waals surface area contributed by atoms with Crippen molar-refractivity contribution < 1.29 is 49.4 Å². The van der Waals surface area contributed by atoms with Crippen molar-refractivity contribution in [2.24, 2.45) is 5.92 Å². The Hall–Kier alpha value is -4.27. The van der Waals surface area contributed by atoms with Crippen LogP contribution in [0.15, 0.2) is 41.3 Å². The smallest absolute Gasteiger partial charge is 0.419 e. The van der Waals surface area contributed by atoms with Crippen LogP contribution in [0, 0.1) is 31.4 Å². The van der Waals surface area contributed by atoms with Gasteiger partial charge in [-0.2, -0.15) is 26.3 Å². The molecule has 2 aromatic carbocycles. The lowest BCUT2D eigenvalue weighted by Crippen LogP contribution is -2.41. The highest BCUT2D eigenvalue weighted by atomic mass is 19.4. The van der Waals surface area contributed by atoms with E-state index in [-0.39, 0.29) is 43.0 Å². The van der Waals surface area contributed by atoms with Crippen LogP contribution in [0.4, 0.5) is 35.1 Å². The van der Waals surface area contributed by atoms with Crippen LogP contribution in [0.2, 0.25) is 0 Å². The molecule has 280 valence electrons. The molecule has 3 aromatic rings. The lowest BCUT2D eigenvalue weighted by atomic mass is 9.89. The number of esters is 1. The monoisotopic (exact) mass is 731 g/mol. The van der Waals surface area contributed by atoms with Crippen LogP contribution in [0.1, 0.15) is 79.1 Å². The summed E-state index contributed by atoms with van der Waals surface area (Å²) >= 11 is 0. The predicted molar refractivity (Wildman–Crippen MR) is 175 cm³/mol. The molecule has 0 aliphatic carbocycles. The first-order valence-electron chi connectivity index (χ1n) is 16.2. The van der Waals surface area contributed by atoms with Crippen LogP contribution in [-0.2, 0) is 33.1 Å². The number of pyridine rings is 1. The SMILES string of the molecule is CCOC(=O)C[C@H](NC(=O)C(CC(C)C)n1cc(CCN(C)C)c(C(F)(F)F)cc1=O)c1c(F)c(-c2c(C)cccc2C)cc(C(F)(F)F)c1F. The summed E-state index contributed by atoms with van der Waals surface area (Å²) in [6, 6.07) is 1.60. The summed E-state index contributed by atoms with van der Waals surface area (Å²) in [5.74, 6) is -6.25. The van der Waals surface area contributed by atoms with Gasteiger partial charge in [-0.1, -0.05) is 32.0 Å². The Morgan fingerprint density at radius 2 is 1.53 bits per heavy atom. The van der Waals surface area contributed by atoms with Crippen molar-refractivity contribution in [1.29, 1.82) is 0 Å².